The van der Waals surface area contributed by atoms with Crippen molar-refractivity contribution in [2.75, 3.05) is 20.2 Å². The molecule has 1 aliphatic rings. The van der Waals surface area contributed by atoms with Gasteiger partial charge in [-0.1, -0.05) is 54.6 Å². The van der Waals surface area contributed by atoms with Gasteiger partial charge in [-0.25, -0.2) is 0 Å². The Hall–Kier alpha value is -3.71. The molecule has 4 rings (SSSR count). The van der Waals surface area contributed by atoms with Crippen LogP contribution < -0.4 is 16.1 Å². The Bertz CT molecular complexity index is 1220. The number of ether oxygens (including phenoxy) is 1. The molecule has 3 aromatic rings. The first-order chi connectivity index (χ1) is 16.6. The number of fused-ring (bicyclic) bond motifs is 1. The standard InChI is InChI=1S/C27H29N3O4/c1-28-26(32)22-17-30(14-7-10-19-8-3-2-4-9-19)18-23(25(22)31)27(33)29-16-24-21-12-6-5-11-20(21)13-15-34-24/h2-6,8-9,11-12,17-18,24H,7,10,13-16H2,1H3,(H,28,32)(H,29,33). The van der Waals surface area contributed by atoms with E-state index in [1.807, 2.05) is 36.4 Å². The molecule has 176 valence electrons. The van der Waals surface area contributed by atoms with Crippen molar-refractivity contribution in [1.29, 1.82) is 0 Å². The number of aromatic nitrogens is 1. The molecule has 0 saturated carbocycles. The van der Waals surface area contributed by atoms with Gasteiger partial charge >= 0.3 is 0 Å². The molecule has 2 aromatic carbocycles. The minimum Gasteiger partial charge on any atom is -0.371 e. The summed E-state index contributed by atoms with van der Waals surface area (Å²) in [7, 11) is 1.46. The maximum absolute atomic E-state index is 13.0. The van der Waals surface area contributed by atoms with Crippen molar-refractivity contribution in [2.24, 2.45) is 0 Å². The van der Waals surface area contributed by atoms with Crippen LogP contribution in [0, 0.1) is 0 Å². The smallest absolute Gasteiger partial charge is 0.256 e. The van der Waals surface area contributed by atoms with Gasteiger partial charge in [0.2, 0.25) is 5.43 Å². The predicted molar refractivity (Wildman–Crippen MR) is 130 cm³/mol. The normalized spacial score (nSPS) is 14.8. The zero-order valence-electron chi connectivity index (χ0n) is 19.3. The molecular weight excluding hydrogens is 430 g/mol. The number of rotatable bonds is 8. The second-order valence-corrected chi connectivity index (χ2v) is 8.34. The van der Waals surface area contributed by atoms with Crippen LogP contribution in [0.25, 0.3) is 0 Å². The topological polar surface area (TPSA) is 89.4 Å². The van der Waals surface area contributed by atoms with Crippen LogP contribution in [-0.2, 0) is 24.1 Å². The van der Waals surface area contributed by atoms with E-state index in [0.29, 0.717) is 13.2 Å². The van der Waals surface area contributed by atoms with Crippen LogP contribution in [0.2, 0.25) is 0 Å². The van der Waals surface area contributed by atoms with Crippen LogP contribution in [-0.4, -0.2) is 36.6 Å². The minimum absolute atomic E-state index is 0.0471. The van der Waals surface area contributed by atoms with Crippen molar-refractivity contribution in [3.05, 3.63) is 105 Å². The molecule has 0 aliphatic carbocycles. The Morgan fingerprint density at radius 3 is 2.47 bits per heavy atom. The number of aryl methyl sites for hydroxylation is 2. The van der Waals surface area contributed by atoms with Crippen LogP contribution in [0.4, 0.5) is 0 Å². The van der Waals surface area contributed by atoms with E-state index in [1.165, 1.54) is 30.6 Å². The lowest BCUT2D eigenvalue weighted by Crippen LogP contribution is -2.37. The van der Waals surface area contributed by atoms with Gasteiger partial charge in [0.1, 0.15) is 17.2 Å². The fraction of sp³-hybridized carbons (Fsp3) is 0.296. The van der Waals surface area contributed by atoms with Crippen molar-refractivity contribution in [1.82, 2.24) is 15.2 Å². The number of benzene rings is 2. The van der Waals surface area contributed by atoms with Crippen molar-refractivity contribution in [3.63, 3.8) is 0 Å². The van der Waals surface area contributed by atoms with Gasteiger partial charge in [0, 0.05) is 32.5 Å². The van der Waals surface area contributed by atoms with Crippen molar-refractivity contribution < 1.29 is 14.3 Å². The lowest BCUT2D eigenvalue weighted by Gasteiger charge is -2.26. The zero-order valence-corrected chi connectivity index (χ0v) is 19.3. The molecule has 0 radical (unpaired) electrons. The SMILES string of the molecule is CNC(=O)c1cn(CCCc2ccccc2)cc(C(=O)NCC2OCCc3ccccc32)c1=O. The average Bonchev–Trinajstić information content (AvgIpc) is 2.88. The summed E-state index contributed by atoms with van der Waals surface area (Å²) in [5, 5.41) is 5.32. The summed E-state index contributed by atoms with van der Waals surface area (Å²) in [5.41, 5.74) is 2.78. The first-order valence-electron chi connectivity index (χ1n) is 11.5. The van der Waals surface area contributed by atoms with Crippen LogP contribution >= 0.6 is 0 Å². The van der Waals surface area contributed by atoms with Crippen LogP contribution in [0.1, 0.15) is 49.9 Å². The van der Waals surface area contributed by atoms with Crippen LogP contribution in [0.5, 0.6) is 0 Å². The Balaban J connectivity index is 1.50. The molecule has 1 aromatic heterocycles. The molecule has 0 spiro atoms. The molecule has 1 atom stereocenters. The predicted octanol–water partition coefficient (Wildman–Crippen LogP) is 2.88. The maximum atomic E-state index is 13.0. The van der Waals surface area contributed by atoms with Crippen molar-refractivity contribution in [2.45, 2.75) is 31.9 Å². The highest BCUT2D eigenvalue weighted by Crippen LogP contribution is 2.26. The van der Waals surface area contributed by atoms with Gasteiger partial charge in [-0.05, 0) is 36.0 Å². The van der Waals surface area contributed by atoms with E-state index in [0.717, 1.165) is 24.8 Å². The number of hydrogen-bond donors (Lipinski definition) is 2. The van der Waals surface area contributed by atoms with E-state index in [4.69, 9.17) is 4.74 Å². The second kappa shape index (κ2) is 10.9. The summed E-state index contributed by atoms with van der Waals surface area (Å²) in [6.07, 6.45) is 5.26. The fourth-order valence-corrected chi connectivity index (χ4v) is 4.26. The summed E-state index contributed by atoms with van der Waals surface area (Å²) in [6, 6.07) is 18.1. The molecule has 7 heteroatoms. The van der Waals surface area contributed by atoms with E-state index >= 15 is 0 Å². The third-order valence-electron chi connectivity index (χ3n) is 6.06. The largest absolute Gasteiger partial charge is 0.371 e. The van der Waals surface area contributed by atoms with Gasteiger partial charge < -0.3 is 19.9 Å². The quantitative estimate of drug-likeness (QED) is 0.542. The number of carbonyl (C=O) groups is 2. The molecule has 0 fully saturated rings. The monoisotopic (exact) mass is 459 g/mol. The first kappa shape index (κ1) is 23.4. The number of amides is 2. The molecule has 34 heavy (non-hydrogen) atoms. The summed E-state index contributed by atoms with van der Waals surface area (Å²) < 4.78 is 7.60. The van der Waals surface area contributed by atoms with E-state index in [1.54, 1.807) is 4.57 Å². The molecule has 7 nitrogen and oxygen atoms in total. The van der Waals surface area contributed by atoms with E-state index in [9.17, 15) is 14.4 Å². The van der Waals surface area contributed by atoms with E-state index in [-0.39, 0.29) is 23.8 Å². The zero-order chi connectivity index (χ0) is 23.9. The molecular formula is C27H29N3O4. The summed E-state index contributed by atoms with van der Waals surface area (Å²) in [4.78, 5) is 38.3. The molecule has 2 heterocycles. The van der Waals surface area contributed by atoms with Gasteiger partial charge in [-0.3, -0.25) is 14.4 Å². The third-order valence-corrected chi connectivity index (χ3v) is 6.06. The Labute approximate surface area is 198 Å². The summed E-state index contributed by atoms with van der Waals surface area (Å²) in [6.45, 7) is 1.39. The third kappa shape index (κ3) is 5.43. The minimum atomic E-state index is -0.582. The van der Waals surface area contributed by atoms with E-state index in [2.05, 4.69) is 28.8 Å². The summed E-state index contributed by atoms with van der Waals surface area (Å²) in [5.74, 6) is -1.03. The van der Waals surface area contributed by atoms with Gasteiger partial charge in [0.15, 0.2) is 0 Å². The molecule has 0 bridgehead atoms. The Morgan fingerprint density at radius 1 is 1.00 bits per heavy atom. The molecule has 2 N–H and O–H groups in total. The molecule has 1 aliphatic heterocycles. The van der Waals surface area contributed by atoms with Gasteiger partial charge in [0.25, 0.3) is 11.8 Å². The van der Waals surface area contributed by atoms with Gasteiger partial charge in [0.05, 0.1) is 6.61 Å². The highest BCUT2D eigenvalue weighted by Gasteiger charge is 2.23. The first-order valence-corrected chi connectivity index (χ1v) is 11.5. The van der Waals surface area contributed by atoms with Crippen LogP contribution in [0.3, 0.4) is 0 Å². The lowest BCUT2D eigenvalue weighted by molar-refractivity contribution is 0.0411. The Kier molecular flexibility index (Phi) is 7.54. The highest BCUT2D eigenvalue weighted by atomic mass is 16.5. The average molecular weight is 460 g/mol. The number of carbonyl (C=O) groups excluding carboxylic acids is 2. The molecule has 0 saturated heterocycles. The van der Waals surface area contributed by atoms with Crippen molar-refractivity contribution in [3.8, 4) is 0 Å². The van der Waals surface area contributed by atoms with Crippen molar-refractivity contribution >= 4 is 11.8 Å². The fourth-order valence-electron chi connectivity index (χ4n) is 4.26. The number of nitrogens with one attached hydrogen (secondary N) is 2. The second-order valence-electron chi connectivity index (χ2n) is 8.34. The summed E-state index contributed by atoms with van der Waals surface area (Å²) >= 11 is 0. The van der Waals surface area contributed by atoms with E-state index < -0.39 is 17.2 Å². The maximum Gasteiger partial charge on any atom is 0.256 e. The number of hydrogen-bond acceptors (Lipinski definition) is 4. The molecule has 1 unspecified atom stereocenters. The molecule has 2 amide bonds. The Morgan fingerprint density at radius 2 is 1.71 bits per heavy atom. The highest BCUT2D eigenvalue weighted by molar-refractivity contribution is 5.99. The van der Waals surface area contributed by atoms with Crippen LogP contribution in [0.15, 0.2) is 71.8 Å². The number of nitrogens with zero attached hydrogens (tertiary/aromatic N) is 1. The number of pyridine rings is 1. The lowest BCUT2D eigenvalue weighted by atomic mass is 9.97. The van der Waals surface area contributed by atoms with Gasteiger partial charge in [-0.15, -0.1) is 0 Å². The van der Waals surface area contributed by atoms with Gasteiger partial charge in [-0.2, -0.15) is 0 Å².